The van der Waals surface area contributed by atoms with E-state index in [9.17, 15) is 18.8 Å². The van der Waals surface area contributed by atoms with Gasteiger partial charge in [0.2, 0.25) is 11.8 Å². The number of piperidine rings is 2. The molecule has 1 N–H and O–H groups in total. The zero-order chi connectivity index (χ0) is 25.0. The maximum Gasteiger partial charge on any atom is 0.255 e. The van der Waals surface area contributed by atoms with E-state index < -0.39 is 17.8 Å². The fraction of sp³-hybridized carbons (Fsp3) is 0.407. The number of aromatic nitrogens is 2. The molecule has 1 atom stereocenters. The second-order valence-corrected chi connectivity index (χ2v) is 10.1. The van der Waals surface area contributed by atoms with Crippen LogP contribution in [0, 0.1) is 12.7 Å². The molecule has 0 radical (unpaired) electrons. The molecular formula is C27H28FN5O3. The van der Waals surface area contributed by atoms with Crippen molar-refractivity contribution in [1.82, 2.24) is 24.5 Å². The van der Waals surface area contributed by atoms with Crippen molar-refractivity contribution in [3.05, 3.63) is 70.4 Å². The Morgan fingerprint density at radius 1 is 1.11 bits per heavy atom. The summed E-state index contributed by atoms with van der Waals surface area (Å²) in [5.74, 6) is -1.39. The first kappa shape index (κ1) is 22.8. The second kappa shape index (κ2) is 8.81. The first-order valence-corrected chi connectivity index (χ1v) is 12.5. The van der Waals surface area contributed by atoms with Crippen molar-refractivity contribution >= 4 is 23.4 Å². The summed E-state index contributed by atoms with van der Waals surface area (Å²) in [4.78, 5) is 45.5. The van der Waals surface area contributed by atoms with Gasteiger partial charge in [-0.15, -0.1) is 0 Å². The molecule has 3 aromatic rings. The van der Waals surface area contributed by atoms with E-state index in [1.165, 1.54) is 11.0 Å². The average molecular weight is 490 g/mol. The summed E-state index contributed by atoms with van der Waals surface area (Å²) >= 11 is 0. The summed E-state index contributed by atoms with van der Waals surface area (Å²) in [6, 6.07) is 8.25. The van der Waals surface area contributed by atoms with Crippen LogP contribution in [0.5, 0.6) is 0 Å². The Labute approximate surface area is 208 Å². The lowest BCUT2D eigenvalue weighted by Gasteiger charge is -2.33. The van der Waals surface area contributed by atoms with Gasteiger partial charge in [-0.2, -0.15) is 0 Å². The maximum atomic E-state index is 14.6. The fourth-order valence-electron chi connectivity index (χ4n) is 6.04. The normalized spacial score (nSPS) is 21.3. The number of imidazole rings is 1. The van der Waals surface area contributed by atoms with E-state index in [0.717, 1.165) is 60.6 Å². The molecule has 2 saturated heterocycles. The van der Waals surface area contributed by atoms with E-state index in [1.807, 2.05) is 18.3 Å². The van der Waals surface area contributed by atoms with Gasteiger partial charge < -0.3 is 9.30 Å². The molecule has 186 valence electrons. The molecule has 1 unspecified atom stereocenters. The average Bonchev–Trinajstić information content (AvgIpc) is 3.41. The molecule has 0 bridgehead atoms. The molecule has 6 rings (SSSR count). The quantitative estimate of drug-likeness (QED) is 0.570. The van der Waals surface area contributed by atoms with Crippen LogP contribution in [0.4, 0.5) is 4.39 Å². The molecule has 0 spiro atoms. The summed E-state index contributed by atoms with van der Waals surface area (Å²) in [5, 5.41) is 2.32. The topological polar surface area (TPSA) is 87.0 Å². The number of carbonyl (C=O) groups excluding carboxylic acids is 3. The van der Waals surface area contributed by atoms with Gasteiger partial charge in [0.25, 0.3) is 5.91 Å². The van der Waals surface area contributed by atoms with Crippen molar-refractivity contribution in [3.63, 3.8) is 0 Å². The molecule has 0 saturated carbocycles. The van der Waals surface area contributed by atoms with Crippen LogP contribution in [0.3, 0.4) is 0 Å². The summed E-state index contributed by atoms with van der Waals surface area (Å²) in [6.45, 7) is 4.87. The van der Waals surface area contributed by atoms with Crippen molar-refractivity contribution in [2.75, 3.05) is 13.1 Å². The summed E-state index contributed by atoms with van der Waals surface area (Å²) in [7, 11) is 0. The van der Waals surface area contributed by atoms with Crippen LogP contribution < -0.4 is 5.32 Å². The summed E-state index contributed by atoms with van der Waals surface area (Å²) < 4.78 is 16.8. The molecule has 1 aromatic carbocycles. The Balaban J connectivity index is 1.18. The number of carbonyl (C=O) groups is 3. The zero-order valence-electron chi connectivity index (χ0n) is 20.2. The van der Waals surface area contributed by atoms with Crippen LogP contribution in [0.2, 0.25) is 0 Å². The number of nitrogens with zero attached hydrogens (tertiary/aromatic N) is 4. The number of benzene rings is 1. The van der Waals surface area contributed by atoms with Crippen molar-refractivity contribution < 1.29 is 18.8 Å². The molecule has 3 aliphatic rings. The van der Waals surface area contributed by atoms with E-state index in [-0.39, 0.29) is 30.7 Å². The Kier molecular flexibility index (Phi) is 5.59. The number of aryl methyl sites for hydroxylation is 1. The molecule has 36 heavy (non-hydrogen) atoms. The summed E-state index contributed by atoms with van der Waals surface area (Å²) in [5.41, 5.74) is 5.29. The van der Waals surface area contributed by atoms with Gasteiger partial charge in [-0.3, -0.25) is 24.6 Å². The van der Waals surface area contributed by atoms with Crippen molar-refractivity contribution in [2.24, 2.45) is 0 Å². The number of halogens is 1. The minimum Gasteiger partial charge on any atom is -0.322 e. The van der Waals surface area contributed by atoms with E-state index >= 15 is 0 Å². The monoisotopic (exact) mass is 489 g/mol. The Morgan fingerprint density at radius 2 is 1.92 bits per heavy atom. The minimum absolute atomic E-state index is 0.143. The maximum absolute atomic E-state index is 14.6. The standard InChI is InChI=1S/C27H28FN5O3/c1-16-3-2-4-24-29-13-19(33(16)24)14-31-9-7-17(8-10-31)20-11-18(28)12-21-22(20)15-32(27(21)36)23-5-6-25(34)30-26(23)35/h2-4,11-13,17,23H,5-10,14-15H2,1H3,(H,30,34,35). The largest absolute Gasteiger partial charge is 0.322 e. The molecular weight excluding hydrogens is 461 g/mol. The predicted octanol–water partition coefficient (Wildman–Crippen LogP) is 2.92. The van der Waals surface area contributed by atoms with Gasteiger partial charge in [-0.1, -0.05) is 6.07 Å². The lowest BCUT2D eigenvalue weighted by atomic mass is 9.85. The third-order valence-corrected chi connectivity index (χ3v) is 7.87. The highest BCUT2D eigenvalue weighted by Gasteiger charge is 2.41. The zero-order valence-corrected chi connectivity index (χ0v) is 20.2. The Morgan fingerprint density at radius 3 is 2.69 bits per heavy atom. The number of hydrogen-bond donors (Lipinski definition) is 1. The van der Waals surface area contributed by atoms with Crippen molar-refractivity contribution in [3.8, 4) is 0 Å². The highest BCUT2D eigenvalue weighted by molar-refractivity contribution is 6.05. The molecule has 0 aliphatic carbocycles. The fourth-order valence-corrected chi connectivity index (χ4v) is 6.04. The van der Waals surface area contributed by atoms with Crippen LogP contribution in [-0.4, -0.2) is 56.0 Å². The highest BCUT2D eigenvalue weighted by Crippen LogP contribution is 2.38. The molecule has 9 heteroatoms. The van der Waals surface area contributed by atoms with Crippen LogP contribution in [0.25, 0.3) is 5.65 Å². The summed E-state index contributed by atoms with van der Waals surface area (Å²) in [6.07, 6.45) is 4.14. The Hall–Kier alpha value is -3.59. The van der Waals surface area contributed by atoms with Crippen LogP contribution in [0.1, 0.15) is 64.5 Å². The number of nitrogens with one attached hydrogen (secondary N) is 1. The molecule has 3 aliphatic heterocycles. The second-order valence-electron chi connectivity index (χ2n) is 10.1. The number of likely N-dealkylation sites (tertiary alicyclic amines) is 1. The predicted molar refractivity (Wildman–Crippen MR) is 130 cm³/mol. The van der Waals surface area contributed by atoms with Gasteiger partial charge in [0.15, 0.2) is 0 Å². The van der Waals surface area contributed by atoms with Gasteiger partial charge >= 0.3 is 0 Å². The molecule has 5 heterocycles. The SMILES string of the molecule is Cc1cccc2ncc(CN3CCC(c4cc(F)cc5c4CN(C4CCC(=O)NC4=O)C5=O)CC3)n12. The van der Waals surface area contributed by atoms with Gasteiger partial charge in [-0.25, -0.2) is 9.37 Å². The minimum atomic E-state index is -0.700. The van der Waals surface area contributed by atoms with E-state index in [0.29, 0.717) is 12.0 Å². The number of fused-ring (bicyclic) bond motifs is 2. The first-order valence-electron chi connectivity index (χ1n) is 12.5. The number of pyridine rings is 1. The van der Waals surface area contributed by atoms with Crippen LogP contribution >= 0.6 is 0 Å². The first-order chi connectivity index (χ1) is 17.4. The van der Waals surface area contributed by atoms with E-state index in [2.05, 4.69) is 32.6 Å². The number of imide groups is 1. The van der Waals surface area contributed by atoms with Crippen molar-refractivity contribution in [1.29, 1.82) is 0 Å². The van der Waals surface area contributed by atoms with E-state index in [1.54, 1.807) is 6.07 Å². The van der Waals surface area contributed by atoms with Gasteiger partial charge in [0, 0.05) is 30.8 Å². The molecule has 2 aromatic heterocycles. The van der Waals surface area contributed by atoms with Crippen LogP contribution in [0.15, 0.2) is 36.5 Å². The Bertz CT molecular complexity index is 1390. The number of hydrogen-bond acceptors (Lipinski definition) is 5. The van der Waals surface area contributed by atoms with Gasteiger partial charge in [0.1, 0.15) is 17.5 Å². The lowest BCUT2D eigenvalue weighted by molar-refractivity contribution is -0.136. The van der Waals surface area contributed by atoms with Crippen LogP contribution in [-0.2, 0) is 22.7 Å². The third kappa shape index (κ3) is 3.87. The van der Waals surface area contributed by atoms with E-state index in [4.69, 9.17) is 0 Å². The van der Waals surface area contributed by atoms with Gasteiger partial charge in [0.05, 0.1) is 11.9 Å². The third-order valence-electron chi connectivity index (χ3n) is 7.87. The molecule has 8 nitrogen and oxygen atoms in total. The molecule has 2 fully saturated rings. The lowest BCUT2D eigenvalue weighted by Crippen LogP contribution is -2.52. The smallest absolute Gasteiger partial charge is 0.255 e. The number of rotatable bonds is 4. The number of amides is 3. The van der Waals surface area contributed by atoms with Crippen molar-refractivity contribution in [2.45, 2.75) is 57.7 Å². The van der Waals surface area contributed by atoms with Gasteiger partial charge in [-0.05, 0) is 80.6 Å². The molecule has 3 amide bonds. The highest BCUT2D eigenvalue weighted by atomic mass is 19.1.